The van der Waals surface area contributed by atoms with Crippen LogP contribution in [-0.2, 0) is 0 Å². The van der Waals surface area contributed by atoms with Crippen LogP contribution in [0.2, 0.25) is 0 Å². The number of para-hydroxylation sites is 1. The number of aromatic nitrogens is 5. The maximum atomic E-state index is 5.37. The second-order valence-corrected chi connectivity index (χ2v) is 12.8. The van der Waals surface area contributed by atoms with Crippen LogP contribution >= 0.6 is 0 Å². The van der Waals surface area contributed by atoms with Gasteiger partial charge in [-0.2, -0.15) is 0 Å². The van der Waals surface area contributed by atoms with Crippen molar-refractivity contribution in [1.29, 1.82) is 0 Å². The molecule has 52 heavy (non-hydrogen) atoms. The van der Waals surface area contributed by atoms with Gasteiger partial charge in [-0.05, 0) is 34.5 Å². The smallest absolute Gasteiger partial charge is 0.164 e. The summed E-state index contributed by atoms with van der Waals surface area (Å²) in [4.78, 5) is 25.6. The van der Waals surface area contributed by atoms with Gasteiger partial charge in [0, 0.05) is 44.0 Å². The maximum Gasteiger partial charge on any atom is 0.164 e. The van der Waals surface area contributed by atoms with Gasteiger partial charge in [0.2, 0.25) is 0 Å². The standard InChI is InChI=1S/C47H29N5/c1-4-14-30(15-5-1)42-38-22-12-13-23-40(38)49-44-39(42)26-24-31-25-29-41(48-43(31)44)36-27-28-37(35-21-11-10-20-34(35)36)47-51-45(32-16-6-2-7-17-32)50-46(52-47)33-18-8-3-9-19-33/h1-29H. The van der Waals surface area contributed by atoms with Crippen molar-refractivity contribution in [3.8, 4) is 56.5 Å². The minimum Gasteiger partial charge on any atom is -0.245 e. The molecule has 7 aromatic carbocycles. The fourth-order valence-electron chi connectivity index (χ4n) is 7.25. The van der Waals surface area contributed by atoms with Crippen molar-refractivity contribution in [2.24, 2.45) is 0 Å². The SMILES string of the molecule is c1ccc(-c2nc(-c3ccccc3)nc(-c3ccc(-c4ccc5ccc6c(-c7ccccc7)c7ccccc7nc6c5n4)c4ccccc34)n2)cc1. The molecule has 0 fully saturated rings. The van der Waals surface area contributed by atoms with E-state index < -0.39 is 0 Å². The average molecular weight is 664 g/mol. The molecular weight excluding hydrogens is 635 g/mol. The summed E-state index contributed by atoms with van der Waals surface area (Å²) in [6, 6.07) is 60.4. The lowest BCUT2D eigenvalue weighted by Crippen LogP contribution is -2.00. The van der Waals surface area contributed by atoms with E-state index in [1.54, 1.807) is 0 Å². The largest absolute Gasteiger partial charge is 0.245 e. The molecule has 0 spiro atoms. The number of fused-ring (bicyclic) bond motifs is 5. The molecule has 10 aromatic rings. The highest BCUT2D eigenvalue weighted by molar-refractivity contribution is 6.16. The van der Waals surface area contributed by atoms with Gasteiger partial charge in [-0.15, -0.1) is 0 Å². The van der Waals surface area contributed by atoms with Crippen molar-refractivity contribution in [3.63, 3.8) is 0 Å². The predicted molar refractivity (Wildman–Crippen MR) is 213 cm³/mol. The average Bonchev–Trinajstić information content (AvgIpc) is 3.23. The van der Waals surface area contributed by atoms with E-state index in [1.165, 1.54) is 5.56 Å². The first-order chi connectivity index (χ1) is 25.8. The van der Waals surface area contributed by atoms with E-state index in [2.05, 4.69) is 109 Å². The summed E-state index contributed by atoms with van der Waals surface area (Å²) in [5.74, 6) is 1.89. The molecule has 5 nitrogen and oxygen atoms in total. The summed E-state index contributed by atoms with van der Waals surface area (Å²) in [6.07, 6.45) is 0. The molecule has 0 bridgehead atoms. The molecule has 0 atom stereocenters. The summed E-state index contributed by atoms with van der Waals surface area (Å²) >= 11 is 0. The Morgan fingerprint density at radius 2 is 0.808 bits per heavy atom. The number of hydrogen-bond donors (Lipinski definition) is 0. The highest BCUT2D eigenvalue weighted by Crippen LogP contribution is 2.39. The molecule has 3 aromatic heterocycles. The Balaban J connectivity index is 1.17. The number of nitrogens with zero attached hydrogens (tertiary/aromatic N) is 5. The quantitative estimate of drug-likeness (QED) is 0.135. The first-order valence-corrected chi connectivity index (χ1v) is 17.4. The summed E-state index contributed by atoms with van der Waals surface area (Å²) in [5, 5.41) is 5.37. The Bertz CT molecular complexity index is 2890. The summed E-state index contributed by atoms with van der Waals surface area (Å²) in [6.45, 7) is 0. The third kappa shape index (κ3) is 5.07. The van der Waals surface area contributed by atoms with Gasteiger partial charge in [0.1, 0.15) is 0 Å². The first kappa shape index (κ1) is 29.8. The van der Waals surface area contributed by atoms with Gasteiger partial charge in [-0.1, -0.05) is 158 Å². The normalized spacial score (nSPS) is 11.5. The van der Waals surface area contributed by atoms with Gasteiger partial charge in [-0.25, -0.2) is 24.9 Å². The zero-order valence-electron chi connectivity index (χ0n) is 28.0. The molecule has 0 N–H and O–H groups in total. The van der Waals surface area contributed by atoms with Crippen molar-refractivity contribution in [2.45, 2.75) is 0 Å². The van der Waals surface area contributed by atoms with Crippen LogP contribution in [0.15, 0.2) is 176 Å². The van der Waals surface area contributed by atoms with Gasteiger partial charge in [0.15, 0.2) is 17.5 Å². The highest BCUT2D eigenvalue weighted by atomic mass is 15.0. The molecule has 0 saturated carbocycles. The van der Waals surface area contributed by atoms with Crippen LogP contribution in [0.4, 0.5) is 0 Å². The fourth-order valence-corrected chi connectivity index (χ4v) is 7.25. The molecule has 0 amide bonds. The molecule has 3 heterocycles. The fraction of sp³-hybridized carbons (Fsp3) is 0. The van der Waals surface area contributed by atoms with Crippen LogP contribution in [-0.4, -0.2) is 24.9 Å². The maximum absolute atomic E-state index is 5.37. The molecular formula is C47H29N5. The lowest BCUT2D eigenvalue weighted by Gasteiger charge is -2.14. The zero-order valence-corrected chi connectivity index (χ0v) is 28.0. The van der Waals surface area contributed by atoms with E-state index in [4.69, 9.17) is 24.9 Å². The lowest BCUT2D eigenvalue weighted by molar-refractivity contribution is 1.08. The Morgan fingerprint density at radius 3 is 1.48 bits per heavy atom. The molecule has 0 aliphatic rings. The molecule has 5 heteroatoms. The van der Waals surface area contributed by atoms with Gasteiger partial charge in [0.05, 0.1) is 22.2 Å². The molecule has 0 aliphatic carbocycles. The van der Waals surface area contributed by atoms with Crippen LogP contribution in [0, 0.1) is 0 Å². The van der Waals surface area contributed by atoms with E-state index in [9.17, 15) is 0 Å². The topological polar surface area (TPSA) is 64.5 Å². The molecule has 0 aliphatic heterocycles. The Morgan fingerprint density at radius 1 is 0.288 bits per heavy atom. The van der Waals surface area contributed by atoms with Crippen molar-refractivity contribution >= 4 is 43.5 Å². The minimum atomic E-state index is 0.623. The van der Waals surface area contributed by atoms with E-state index in [-0.39, 0.29) is 0 Å². The van der Waals surface area contributed by atoms with E-state index in [1.807, 2.05) is 66.7 Å². The van der Waals surface area contributed by atoms with Gasteiger partial charge in [-0.3, -0.25) is 0 Å². The van der Waals surface area contributed by atoms with Crippen LogP contribution in [0.3, 0.4) is 0 Å². The minimum absolute atomic E-state index is 0.623. The monoisotopic (exact) mass is 663 g/mol. The number of hydrogen-bond acceptors (Lipinski definition) is 5. The molecule has 242 valence electrons. The van der Waals surface area contributed by atoms with Crippen LogP contribution < -0.4 is 0 Å². The van der Waals surface area contributed by atoms with Crippen molar-refractivity contribution in [3.05, 3.63) is 176 Å². The van der Waals surface area contributed by atoms with E-state index in [0.29, 0.717) is 17.5 Å². The van der Waals surface area contributed by atoms with Gasteiger partial charge in [0.25, 0.3) is 0 Å². The Kier molecular flexibility index (Phi) is 7.07. The van der Waals surface area contributed by atoms with Crippen LogP contribution in [0.25, 0.3) is 100 Å². The van der Waals surface area contributed by atoms with Crippen LogP contribution in [0.1, 0.15) is 0 Å². The van der Waals surface area contributed by atoms with Crippen molar-refractivity contribution < 1.29 is 0 Å². The van der Waals surface area contributed by atoms with Crippen LogP contribution in [0.5, 0.6) is 0 Å². The molecule has 0 unspecified atom stereocenters. The van der Waals surface area contributed by atoms with Gasteiger partial charge >= 0.3 is 0 Å². The Hall–Kier alpha value is -7.11. The third-order valence-electron chi connectivity index (χ3n) is 9.71. The Labute approximate surface area is 300 Å². The molecule has 10 rings (SSSR count). The lowest BCUT2D eigenvalue weighted by atomic mass is 9.94. The zero-order chi connectivity index (χ0) is 34.4. The first-order valence-electron chi connectivity index (χ1n) is 17.4. The van der Waals surface area contributed by atoms with Crippen molar-refractivity contribution in [2.75, 3.05) is 0 Å². The molecule has 0 radical (unpaired) electrons. The number of pyridine rings is 2. The number of benzene rings is 7. The summed E-state index contributed by atoms with van der Waals surface area (Å²) < 4.78 is 0. The van der Waals surface area contributed by atoms with E-state index in [0.717, 1.165) is 77.0 Å². The summed E-state index contributed by atoms with van der Waals surface area (Å²) in [5.41, 5.74) is 9.77. The second kappa shape index (κ2) is 12.3. The van der Waals surface area contributed by atoms with Crippen molar-refractivity contribution in [1.82, 2.24) is 24.9 Å². The summed E-state index contributed by atoms with van der Waals surface area (Å²) in [7, 11) is 0. The third-order valence-corrected chi connectivity index (χ3v) is 9.71. The van der Waals surface area contributed by atoms with E-state index >= 15 is 0 Å². The van der Waals surface area contributed by atoms with Gasteiger partial charge < -0.3 is 0 Å². The predicted octanol–water partition coefficient (Wildman–Crippen LogP) is 11.6. The highest BCUT2D eigenvalue weighted by Gasteiger charge is 2.18. The second-order valence-electron chi connectivity index (χ2n) is 12.8. The number of rotatable bonds is 5. The molecule has 0 saturated heterocycles.